The van der Waals surface area contributed by atoms with E-state index < -0.39 is 21.9 Å². The Hall–Kier alpha value is -1.92. The lowest BCUT2D eigenvalue weighted by Gasteiger charge is -2.13. The summed E-state index contributed by atoms with van der Waals surface area (Å²) in [4.78, 5) is 11.1. The molecule has 0 fully saturated rings. The molecule has 2 rings (SSSR count). The van der Waals surface area contributed by atoms with Gasteiger partial charge in [-0.15, -0.1) is 0 Å². The number of nitrogens with one attached hydrogen (secondary N) is 1. The summed E-state index contributed by atoms with van der Waals surface area (Å²) in [5, 5.41) is 10.4. The molecule has 0 aromatic heterocycles. The summed E-state index contributed by atoms with van der Waals surface area (Å²) in [7, 11) is -3.74. The van der Waals surface area contributed by atoms with E-state index in [2.05, 4.69) is 4.72 Å². The van der Waals surface area contributed by atoms with Crippen LogP contribution in [0.5, 0.6) is 0 Å². The van der Waals surface area contributed by atoms with Gasteiger partial charge >= 0.3 is 5.97 Å². The van der Waals surface area contributed by atoms with Crippen LogP contribution < -0.4 is 4.72 Å². The highest BCUT2D eigenvalue weighted by atomic mass is 32.2. The summed E-state index contributed by atoms with van der Waals surface area (Å²) in [6, 6.07) is 12.2. The highest BCUT2D eigenvalue weighted by Crippen LogP contribution is 2.22. The molecule has 0 spiro atoms. The van der Waals surface area contributed by atoms with E-state index >= 15 is 0 Å². The minimum absolute atomic E-state index is 0.114. The molecule has 0 bridgehead atoms. The molecule has 0 aliphatic rings. The number of carbonyl (C=O) groups is 1. The molecular formula is C15H17NO4S. The van der Waals surface area contributed by atoms with Crippen LogP contribution in [-0.2, 0) is 14.8 Å². The molecule has 0 amide bonds. The van der Waals surface area contributed by atoms with Crippen LogP contribution in [0, 0.1) is 5.92 Å². The minimum Gasteiger partial charge on any atom is -0.481 e. The number of hydrogen-bond acceptors (Lipinski definition) is 3. The van der Waals surface area contributed by atoms with E-state index in [0.29, 0.717) is 11.8 Å². The average molecular weight is 307 g/mol. The molecule has 1 atom stereocenters. The van der Waals surface area contributed by atoms with Crippen LogP contribution in [0.2, 0.25) is 0 Å². The number of carboxylic acid groups (broad SMARTS) is 1. The van der Waals surface area contributed by atoms with Gasteiger partial charge in [0.25, 0.3) is 0 Å². The van der Waals surface area contributed by atoms with Crippen molar-refractivity contribution in [2.45, 2.75) is 18.2 Å². The second-order valence-corrected chi connectivity index (χ2v) is 6.51. The first-order valence-corrected chi connectivity index (χ1v) is 8.14. The van der Waals surface area contributed by atoms with E-state index in [1.165, 1.54) is 6.07 Å². The minimum atomic E-state index is -3.74. The van der Waals surface area contributed by atoms with E-state index in [9.17, 15) is 13.2 Å². The van der Waals surface area contributed by atoms with Crippen molar-refractivity contribution in [1.82, 2.24) is 4.72 Å². The van der Waals surface area contributed by atoms with Crippen LogP contribution in [0.1, 0.15) is 13.3 Å². The van der Waals surface area contributed by atoms with Gasteiger partial charge in [0.2, 0.25) is 10.0 Å². The van der Waals surface area contributed by atoms with Crippen molar-refractivity contribution >= 4 is 26.8 Å². The molecule has 0 aliphatic heterocycles. The number of sulfonamides is 1. The molecule has 2 N–H and O–H groups in total. The van der Waals surface area contributed by atoms with Gasteiger partial charge in [-0.2, -0.15) is 0 Å². The molecule has 1 unspecified atom stereocenters. The average Bonchev–Trinajstić information content (AvgIpc) is 2.46. The summed E-state index contributed by atoms with van der Waals surface area (Å²) in [5.74, 6) is -1.73. The molecule has 21 heavy (non-hydrogen) atoms. The molecule has 0 saturated carbocycles. The zero-order chi connectivity index (χ0) is 15.5. The lowest BCUT2D eigenvalue weighted by molar-refractivity contribution is -0.141. The van der Waals surface area contributed by atoms with Gasteiger partial charge in [0.15, 0.2) is 0 Å². The summed E-state index contributed by atoms with van der Waals surface area (Å²) in [6.07, 6.45) is 0.368. The van der Waals surface area contributed by atoms with Crippen molar-refractivity contribution in [2.75, 3.05) is 6.54 Å². The van der Waals surface area contributed by atoms with Crippen molar-refractivity contribution in [3.8, 4) is 0 Å². The summed E-state index contributed by atoms with van der Waals surface area (Å²) < 4.78 is 27.2. The van der Waals surface area contributed by atoms with Gasteiger partial charge in [0.05, 0.1) is 10.8 Å². The molecule has 0 saturated heterocycles. The quantitative estimate of drug-likeness (QED) is 0.857. The van der Waals surface area contributed by atoms with Crippen LogP contribution in [-0.4, -0.2) is 26.0 Å². The van der Waals surface area contributed by atoms with Crippen LogP contribution in [0.15, 0.2) is 47.4 Å². The fraction of sp³-hybridized carbons (Fsp3) is 0.267. The Bertz CT molecular complexity index is 750. The Morgan fingerprint density at radius 2 is 1.86 bits per heavy atom. The molecule has 0 aliphatic carbocycles. The lowest BCUT2D eigenvalue weighted by atomic mass is 10.1. The second kappa shape index (κ2) is 6.24. The Labute approximate surface area is 123 Å². The monoisotopic (exact) mass is 307 g/mol. The number of fused-ring (bicyclic) bond motifs is 1. The largest absolute Gasteiger partial charge is 0.481 e. The molecular weight excluding hydrogens is 290 g/mol. The van der Waals surface area contributed by atoms with Gasteiger partial charge in [-0.05, 0) is 17.9 Å². The molecule has 6 heteroatoms. The highest BCUT2D eigenvalue weighted by Gasteiger charge is 2.21. The van der Waals surface area contributed by atoms with Crippen LogP contribution in [0.3, 0.4) is 0 Å². The normalized spacial score (nSPS) is 13.2. The standard InChI is InChI=1S/C15H17NO4S/c1-2-11(15(17)18)10-16-21(19,20)14-9-5-7-12-6-3-4-8-13(12)14/h3-9,11,16H,2,10H2,1H3,(H,17,18). The van der Waals surface area contributed by atoms with E-state index in [1.54, 1.807) is 25.1 Å². The zero-order valence-corrected chi connectivity index (χ0v) is 12.4. The SMILES string of the molecule is CCC(CNS(=O)(=O)c1cccc2ccccc12)C(=O)O. The number of hydrogen-bond donors (Lipinski definition) is 2. The molecule has 0 radical (unpaired) electrons. The Morgan fingerprint density at radius 1 is 1.19 bits per heavy atom. The number of benzene rings is 2. The smallest absolute Gasteiger partial charge is 0.307 e. The number of rotatable bonds is 6. The predicted molar refractivity (Wildman–Crippen MR) is 80.6 cm³/mol. The van der Waals surface area contributed by atoms with Crippen LogP contribution in [0.4, 0.5) is 0 Å². The molecule has 0 heterocycles. The van der Waals surface area contributed by atoms with Crippen LogP contribution >= 0.6 is 0 Å². The maximum absolute atomic E-state index is 12.4. The Morgan fingerprint density at radius 3 is 2.52 bits per heavy atom. The van der Waals surface area contributed by atoms with Gasteiger partial charge in [-0.1, -0.05) is 43.3 Å². The van der Waals surface area contributed by atoms with E-state index in [-0.39, 0.29) is 11.4 Å². The molecule has 2 aromatic carbocycles. The summed E-state index contributed by atoms with van der Waals surface area (Å²) in [6.45, 7) is 1.60. The number of aliphatic carboxylic acids is 1. The van der Waals surface area contributed by atoms with Gasteiger partial charge in [0, 0.05) is 11.9 Å². The van der Waals surface area contributed by atoms with Gasteiger partial charge in [-0.3, -0.25) is 4.79 Å². The van der Waals surface area contributed by atoms with E-state index in [1.807, 2.05) is 18.2 Å². The fourth-order valence-corrected chi connectivity index (χ4v) is 3.43. The third kappa shape index (κ3) is 3.40. The fourth-order valence-electron chi connectivity index (χ4n) is 2.12. The Balaban J connectivity index is 2.32. The first-order valence-electron chi connectivity index (χ1n) is 6.66. The van der Waals surface area contributed by atoms with Gasteiger partial charge in [0.1, 0.15) is 0 Å². The zero-order valence-electron chi connectivity index (χ0n) is 11.6. The second-order valence-electron chi connectivity index (χ2n) is 4.77. The predicted octanol–water partition coefficient (Wildman–Crippen LogP) is 2.23. The van der Waals surface area contributed by atoms with Crippen molar-refractivity contribution in [2.24, 2.45) is 5.92 Å². The molecule has 112 valence electrons. The summed E-state index contributed by atoms with van der Waals surface area (Å²) in [5.41, 5.74) is 0. The Kier molecular flexibility index (Phi) is 4.59. The first kappa shape index (κ1) is 15.5. The third-order valence-electron chi connectivity index (χ3n) is 3.40. The van der Waals surface area contributed by atoms with Gasteiger partial charge in [-0.25, -0.2) is 13.1 Å². The third-order valence-corrected chi connectivity index (χ3v) is 4.88. The lowest BCUT2D eigenvalue weighted by Crippen LogP contribution is -2.32. The van der Waals surface area contributed by atoms with Crippen molar-refractivity contribution in [3.05, 3.63) is 42.5 Å². The van der Waals surface area contributed by atoms with Crippen molar-refractivity contribution < 1.29 is 18.3 Å². The maximum atomic E-state index is 12.4. The first-order chi connectivity index (χ1) is 9.95. The molecule has 2 aromatic rings. The summed E-state index contributed by atoms with van der Waals surface area (Å²) >= 11 is 0. The molecule has 5 nitrogen and oxygen atoms in total. The topological polar surface area (TPSA) is 83.5 Å². The van der Waals surface area contributed by atoms with Crippen molar-refractivity contribution in [1.29, 1.82) is 0 Å². The van der Waals surface area contributed by atoms with Crippen LogP contribution in [0.25, 0.3) is 10.8 Å². The number of carboxylic acids is 1. The van der Waals surface area contributed by atoms with Gasteiger partial charge < -0.3 is 5.11 Å². The van der Waals surface area contributed by atoms with Crippen molar-refractivity contribution in [3.63, 3.8) is 0 Å². The highest BCUT2D eigenvalue weighted by molar-refractivity contribution is 7.89. The van der Waals surface area contributed by atoms with E-state index in [4.69, 9.17) is 5.11 Å². The maximum Gasteiger partial charge on any atom is 0.307 e. The van der Waals surface area contributed by atoms with E-state index in [0.717, 1.165) is 5.39 Å².